The number of nitro groups is 2. The number of nitrogens with one attached hydrogen (secondary N) is 2. The number of hydrogen-bond acceptors (Lipinski definition) is 8. The van der Waals surface area contributed by atoms with Gasteiger partial charge in [0, 0.05) is 40.6 Å². The third kappa shape index (κ3) is 5.90. The average Bonchev–Trinajstić information content (AvgIpc) is 3.29. The van der Waals surface area contributed by atoms with Crippen molar-refractivity contribution >= 4 is 35.0 Å². The van der Waals surface area contributed by atoms with Crippen LogP contribution in [0.5, 0.6) is 0 Å². The molecule has 182 valence electrons. The van der Waals surface area contributed by atoms with Crippen molar-refractivity contribution in [3.05, 3.63) is 44.0 Å². The van der Waals surface area contributed by atoms with Gasteiger partial charge in [0.2, 0.25) is 0 Å². The fraction of sp³-hybridized carbons (Fsp3) is 0.400. The molecule has 14 heteroatoms. The van der Waals surface area contributed by atoms with Crippen molar-refractivity contribution in [2.45, 2.75) is 0 Å². The predicted octanol–water partition coefficient (Wildman–Crippen LogP) is 1.11. The molecule has 0 aliphatic carbocycles. The van der Waals surface area contributed by atoms with Crippen LogP contribution in [0.15, 0.2) is 12.4 Å². The molecule has 2 heterocycles. The molecule has 0 atom stereocenters. The molecule has 0 fully saturated rings. The molecule has 0 saturated heterocycles. The van der Waals surface area contributed by atoms with Crippen molar-refractivity contribution in [1.29, 1.82) is 0 Å². The number of aromatic amines is 2. The van der Waals surface area contributed by atoms with E-state index in [1.54, 1.807) is 100 Å². The third-order valence-electron chi connectivity index (χ3n) is 4.23. The van der Waals surface area contributed by atoms with Crippen LogP contribution < -0.4 is 0 Å². The maximum atomic E-state index is 12.1. The first-order chi connectivity index (χ1) is 15.8. The lowest BCUT2D eigenvalue weighted by Crippen LogP contribution is -2.08. The Kier molecular flexibility index (Phi) is 8.00. The van der Waals surface area contributed by atoms with Crippen LogP contribution in [0.1, 0.15) is 11.4 Å². The second kappa shape index (κ2) is 10.5. The van der Waals surface area contributed by atoms with Gasteiger partial charge in [-0.3, -0.25) is 30.4 Å². The summed E-state index contributed by atoms with van der Waals surface area (Å²) in [6.45, 7) is 0. The maximum Gasteiger partial charge on any atom is 0.324 e. The number of hydrogen-bond donors (Lipinski definition) is 2. The van der Waals surface area contributed by atoms with Crippen LogP contribution in [-0.4, -0.2) is 118 Å². The highest BCUT2D eigenvalue weighted by Gasteiger charge is 2.36. The highest BCUT2D eigenvalue weighted by Crippen LogP contribution is 2.39. The molecule has 0 unspecified atom stereocenters. The lowest BCUT2D eigenvalue weighted by Gasteiger charge is -2.06. The maximum absolute atomic E-state index is 12.1. The van der Waals surface area contributed by atoms with Crippen LogP contribution in [0.3, 0.4) is 0 Å². The second-order valence-corrected chi connectivity index (χ2v) is 8.39. The van der Waals surface area contributed by atoms with Gasteiger partial charge in [0.05, 0.1) is 21.0 Å². The van der Waals surface area contributed by atoms with E-state index in [1.165, 1.54) is 0 Å². The van der Waals surface area contributed by atoms with E-state index in [0.717, 1.165) is 0 Å². The van der Waals surface area contributed by atoms with Gasteiger partial charge in [-0.2, -0.15) is 10.2 Å². The minimum atomic E-state index is -0.617. The van der Waals surface area contributed by atoms with Crippen LogP contribution in [0.2, 0.25) is 0 Å². The SMILES string of the molecule is CN(C)/C=C(/C=[N+](C)C)c1n[nH]c(-c2[nH]nc(/C(C=[N+](C)C)=C\N(C)C)c2[N+](=O)[O-])c1[N+](=O)[O-]. The number of rotatable bonds is 9. The molecule has 0 aromatic carbocycles. The number of H-pyrrole nitrogens is 2. The van der Waals surface area contributed by atoms with Crippen molar-refractivity contribution in [1.82, 2.24) is 30.2 Å². The van der Waals surface area contributed by atoms with E-state index in [4.69, 9.17) is 0 Å². The second-order valence-electron chi connectivity index (χ2n) is 8.39. The van der Waals surface area contributed by atoms with Crippen molar-refractivity contribution in [3.8, 4) is 11.4 Å². The monoisotopic (exact) mass is 474 g/mol. The van der Waals surface area contributed by atoms with E-state index >= 15 is 0 Å². The molecule has 0 saturated carbocycles. The molecule has 0 aliphatic heterocycles. The molecule has 2 rings (SSSR count). The third-order valence-corrected chi connectivity index (χ3v) is 4.23. The smallest absolute Gasteiger partial charge is 0.324 e. The lowest BCUT2D eigenvalue weighted by molar-refractivity contribution is -0.458. The Hall–Kier alpha value is -4.36. The molecular weight excluding hydrogens is 444 g/mol. The normalized spacial score (nSPS) is 11.8. The van der Waals surface area contributed by atoms with Crippen LogP contribution >= 0.6 is 0 Å². The Morgan fingerprint density at radius 1 is 0.735 bits per heavy atom. The molecule has 34 heavy (non-hydrogen) atoms. The first kappa shape index (κ1) is 25.9. The zero-order valence-electron chi connectivity index (χ0n) is 20.5. The summed E-state index contributed by atoms with van der Waals surface area (Å²) in [5.41, 5.74) is -0.124. The van der Waals surface area contributed by atoms with Crippen LogP contribution in [0, 0.1) is 20.2 Å². The first-order valence-corrected chi connectivity index (χ1v) is 10.1. The minimum Gasteiger partial charge on any atom is -0.383 e. The summed E-state index contributed by atoms with van der Waals surface area (Å²) in [5.74, 6) is 0. The Morgan fingerprint density at radius 3 is 1.29 bits per heavy atom. The summed E-state index contributed by atoms with van der Waals surface area (Å²) in [6, 6.07) is 0. The fourth-order valence-corrected chi connectivity index (χ4v) is 3.20. The zero-order chi connectivity index (χ0) is 25.7. The summed E-state index contributed by atoms with van der Waals surface area (Å²) in [5, 5.41) is 37.7. The van der Waals surface area contributed by atoms with Gasteiger partial charge in [-0.1, -0.05) is 0 Å². The van der Waals surface area contributed by atoms with Gasteiger partial charge in [0.1, 0.15) is 28.2 Å². The summed E-state index contributed by atoms with van der Waals surface area (Å²) in [6.07, 6.45) is 6.68. The molecule has 0 amide bonds. The molecule has 14 nitrogen and oxygen atoms in total. The Labute approximate surface area is 196 Å². The standard InChI is InChI=1S/C20H30N10O4/c1-25(2)9-13(10-26(3)4)15-19(29(31)32)17(23-21-15)18-20(30(33)34)16(22-24-18)14(11-27(5)6)12-28(7)8/h9-12H,1-8H3,(H,21,23)(H,22,24)/q+2. The highest BCUT2D eigenvalue weighted by atomic mass is 16.6. The van der Waals surface area contributed by atoms with Gasteiger partial charge in [-0.15, -0.1) is 0 Å². The molecule has 0 aliphatic rings. The topological polar surface area (TPSA) is 156 Å². The molecule has 2 aromatic heterocycles. The van der Waals surface area contributed by atoms with E-state index in [2.05, 4.69) is 20.4 Å². The van der Waals surface area contributed by atoms with Crippen molar-refractivity contribution in [3.63, 3.8) is 0 Å². The van der Waals surface area contributed by atoms with Crippen LogP contribution in [0.4, 0.5) is 11.4 Å². The van der Waals surface area contributed by atoms with Gasteiger partial charge in [0.15, 0.2) is 35.2 Å². The van der Waals surface area contributed by atoms with Gasteiger partial charge >= 0.3 is 11.4 Å². The molecule has 2 aromatic rings. The summed E-state index contributed by atoms with van der Waals surface area (Å²) in [7, 11) is 14.2. The van der Waals surface area contributed by atoms with Crippen LogP contribution in [-0.2, 0) is 0 Å². The molecular formula is C20H30N10O4+2. The summed E-state index contributed by atoms with van der Waals surface area (Å²) >= 11 is 0. The lowest BCUT2D eigenvalue weighted by atomic mass is 10.1. The molecule has 2 N–H and O–H groups in total. The predicted molar refractivity (Wildman–Crippen MR) is 129 cm³/mol. The van der Waals surface area contributed by atoms with Gasteiger partial charge < -0.3 is 9.80 Å². The minimum absolute atomic E-state index is 0.0387. The summed E-state index contributed by atoms with van der Waals surface area (Å²) in [4.78, 5) is 26.4. The average molecular weight is 475 g/mol. The highest BCUT2D eigenvalue weighted by molar-refractivity contribution is 6.10. The van der Waals surface area contributed by atoms with E-state index in [-0.39, 0.29) is 22.8 Å². The zero-order valence-corrected chi connectivity index (χ0v) is 20.5. The summed E-state index contributed by atoms with van der Waals surface area (Å²) < 4.78 is 3.44. The van der Waals surface area contributed by atoms with E-state index < -0.39 is 21.2 Å². The number of aromatic nitrogens is 4. The fourth-order valence-electron chi connectivity index (χ4n) is 3.20. The van der Waals surface area contributed by atoms with Crippen molar-refractivity contribution < 1.29 is 19.0 Å². The van der Waals surface area contributed by atoms with Gasteiger partial charge in [-0.05, 0) is 0 Å². The largest absolute Gasteiger partial charge is 0.383 e. The Bertz CT molecular complexity index is 1110. The number of nitrogens with zero attached hydrogens (tertiary/aromatic N) is 8. The van der Waals surface area contributed by atoms with Crippen molar-refractivity contribution in [2.75, 3.05) is 56.4 Å². The first-order valence-electron chi connectivity index (χ1n) is 10.1. The van der Waals surface area contributed by atoms with Crippen molar-refractivity contribution in [2.24, 2.45) is 0 Å². The van der Waals surface area contributed by atoms with E-state index in [1.807, 2.05) is 0 Å². The molecule has 0 spiro atoms. The van der Waals surface area contributed by atoms with E-state index in [9.17, 15) is 20.2 Å². The Balaban J connectivity index is 2.86. The van der Waals surface area contributed by atoms with Gasteiger partial charge in [0.25, 0.3) is 0 Å². The van der Waals surface area contributed by atoms with Crippen LogP contribution in [0.25, 0.3) is 22.5 Å². The Morgan fingerprint density at radius 2 is 1.06 bits per heavy atom. The molecule has 0 radical (unpaired) electrons. The van der Waals surface area contributed by atoms with Gasteiger partial charge in [-0.25, -0.2) is 9.15 Å². The van der Waals surface area contributed by atoms with E-state index in [0.29, 0.717) is 11.1 Å². The quantitative estimate of drug-likeness (QED) is 0.237. The molecule has 0 bridgehead atoms. The number of allylic oxidation sites excluding steroid dienone is 2.